The van der Waals surface area contributed by atoms with Crippen LogP contribution in [0.25, 0.3) is 0 Å². The van der Waals surface area contributed by atoms with E-state index in [4.69, 9.17) is 5.26 Å². The van der Waals surface area contributed by atoms with Crippen LogP contribution in [-0.2, 0) is 4.79 Å². The molecule has 0 aromatic heterocycles. The van der Waals surface area contributed by atoms with Gasteiger partial charge in [-0.25, -0.2) is 0 Å². The molecule has 0 heterocycles. The molecule has 3 rings (SSSR count). The fraction of sp³-hybridized carbons (Fsp3) is 0.857. The van der Waals surface area contributed by atoms with Crippen LogP contribution in [0.2, 0.25) is 0 Å². The van der Waals surface area contributed by atoms with Crippen LogP contribution in [0.15, 0.2) is 0 Å². The normalized spacial score (nSPS) is 45.2. The first-order chi connectivity index (χ1) is 7.65. The molecule has 16 heavy (non-hydrogen) atoms. The van der Waals surface area contributed by atoms with E-state index in [0.29, 0.717) is 11.8 Å². The van der Waals surface area contributed by atoms with Gasteiger partial charge in [0.25, 0.3) is 0 Å². The molecule has 3 aliphatic carbocycles. The van der Waals surface area contributed by atoms with E-state index in [0.717, 1.165) is 11.8 Å². The van der Waals surface area contributed by atoms with E-state index in [9.17, 15) is 4.79 Å². The zero-order valence-corrected chi connectivity index (χ0v) is 10.0. The zero-order chi connectivity index (χ0) is 11.4. The first-order valence-corrected chi connectivity index (χ1v) is 6.58. The van der Waals surface area contributed by atoms with Crippen molar-refractivity contribution < 1.29 is 4.79 Å². The molecule has 0 spiro atoms. The minimum absolute atomic E-state index is 0.177. The molecule has 2 nitrogen and oxygen atoms in total. The number of carbonyl (C=O) groups is 1. The lowest BCUT2D eigenvalue weighted by Gasteiger charge is -2.14. The van der Waals surface area contributed by atoms with Crippen molar-refractivity contribution in [2.45, 2.75) is 33.1 Å². The number of fused-ring (bicyclic) bond motifs is 5. The van der Waals surface area contributed by atoms with E-state index in [1.54, 1.807) is 0 Å². The Morgan fingerprint density at radius 2 is 1.81 bits per heavy atom. The maximum atomic E-state index is 12.3. The number of rotatable bonds is 3. The summed E-state index contributed by atoms with van der Waals surface area (Å²) in [6.07, 6.45) is 4.06. The highest BCUT2D eigenvalue weighted by atomic mass is 16.1. The van der Waals surface area contributed by atoms with Gasteiger partial charge in [0, 0.05) is 5.92 Å². The van der Waals surface area contributed by atoms with Crippen LogP contribution in [-0.4, -0.2) is 5.78 Å². The van der Waals surface area contributed by atoms with Crippen LogP contribution < -0.4 is 0 Å². The largest absolute Gasteiger partial charge is 0.298 e. The zero-order valence-electron chi connectivity index (χ0n) is 10.0. The summed E-state index contributed by atoms with van der Waals surface area (Å²) in [5, 5.41) is 9.08. The van der Waals surface area contributed by atoms with E-state index in [-0.39, 0.29) is 23.5 Å². The molecule has 0 amide bonds. The second kappa shape index (κ2) is 3.32. The van der Waals surface area contributed by atoms with Gasteiger partial charge in [0.05, 0.1) is 6.07 Å². The molecule has 0 aromatic carbocycles. The average molecular weight is 217 g/mol. The molecule has 86 valence electrons. The molecule has 3 fully saturated rings. The average Bonchev–Trinajstić information content (AvgIpc) is 2.68. The van der Waals surface area contributed by atoms with Crippen molar-refractivity contribution in [3.8, 4) is 6.07 Å². The van der Waals surface area contributed by atoms with E-state index >= 15 is 0 Å². The number of nitrogens with zero attached hydrogens (tertiary/aromatic N) is 1. The number of carbonyl (C=O) groups excluding carboxylic acids is 1. The summed E-state index contributed by atoms with van der Waals surface area (Å²) < 4.78 is 0. The van der Waals surface area contributed by atoms with Crippen LogP contribution in [0, 0.1) is 52.8 Å². The SMILES string of the molecule is CC(C)C(C#N)C(=O)C1C2C3CCC(C3)C12. The topological polar surface area (TPSA) is 40.9 Å². The van der Waals surface area contributed by atoms with Gasteiger partial charge in [-0.05, 0) is 48.9 Å². The smallest absolute Gasteiger partial charge is 0.153 e. The number of hydrogen-bond donors (Lipinski definition) is 0. The molecule has 2 heteroatoms. The summed E-state index contributed by atoms with van der Waals surface area (Å²) in [5.74, 6) is 3.39. The van der Waals surface area contributed by atoms with Crippen molar-refractivity contribution >= 4 is 5.78 Å². The van der Waals surface area contributed by atoms with Gasteiger partial charge in [-0.1, -0.05) is 13.8 Å². The van der Waals surface area contributed by atoms with Gasteiger partial charge in [0.15, 0.2) is 5.78 Å². The molecule has 0 radical (unpaired) electrons. The van der Waals surface area contributed by atoms with Gasteiger partial charge in [0.2, 0.25) is 0 Å². The maximum Gasteiger partial charge on any atom is 0.153 e. The highest BCUT2D eigenvalue weighted by Crippen LogP contribution is 2.70. The van der Waals surface area contributed by atoms with E-state index in [1.807, 2.05) is 13.8 Å². The first-order valence-electron chi connectivity index (χ1n) is 6.58. The lowest BCUT2D eigenvalue weighted by molar-refractivity contribution is -0.124. The van der Waals surface area contributed by atoms with Crippen molar-refractivity contribution in [1.82, 2.24) is 0 Å². The van der Waals surface area contributed by atoms with Crippen LogP contribution >= 0.6 is 0 Å². The van der Waals surface area contributed by atoms with Gasteiger partial charge >= 0.3 is 0 Å². The Labute approximate surface area is 97.0 Å². The fourth-order valence-electron chi connectivity index (χ4n) is 4.45. The number of ketones is 1. The number of hydrogen-bond acceptors (Lipinski definition) is 2. The molecular weight excluding hydrogens is 198 g/mol. The van der Waals surface area contributed by atoms with Gasteiger partial charge in [-0.3, -0.25) is 4.79 Å². The van der Waals surface area contributed by atoms with Gasteiger partial charge < -0.3 is 0 Å². The highest BCUT2D eigenvalue weighted by Gasteiger charge is 2.67. The molecule has 0 N–H and O–H groups in total. The Kier molecular flexibility index (Phi) is 2.14. The lowest BCUT2D eigenvalue weighted by atomic mass is 9.87. The molecule has 0 saturated heterocycles. The third-order valence-corrected chi connectivity index (χ3v) is 5.18. The number of nitriles is 1. The predicted octanol–water partition coefficient (Wildman–Crippen LogP) is 2.64. The van der Waals surface area contributed by atoms with Gasteiger partial charge in [-0.2, -0.15) is 5.26 Å². The Morgan fingerprint density at radius 1 is 1.25 bits per heavy atom. The monoisotopic (exact) mass is 217 g/mol. The minimum atomic E-state index is -0.352. The minimum Gasteiger partial charge on any atom is -0.298 e. The standard InChI is InChI=1S/C14H19NO/c1-7(2)10(6-15)14(16)13-11-8-3-4-9(5-8)12(11)13/h7-13H,3-5H2,1-2H3. The lowest BCUT2D eigenvalue weighted by Crippen LogP contribution is -2.23. The van der Waals surface area contributed by atoms with Crippen LogP contribution in [0.1, 0.15) is 33.1 Å². The highest BCUT2D eigenvalue weighted by molar-refractivity contribution is 5.89. The summed E-state index contributed by atoms with van der Waals surface area (Å²) in [5.41, 5.74) is 0. The van der Waals surface area contributed by atoms with Crippen molar-refractivity contribution in [2.75, 3.05) is 0 Å². The predicted molar refractivity (Wildman–Crippen MR) is 60.2 cm³/mol. The van der Waals surface area contributed by atoms with Crippen molar-refractivity contribution in [1.29, 1.82) is 5.26 Å². The maximum absolute atomic E-state index is 12.3. The molecule has 3 saturated carbocycles. The van der Waals surface area contributed by atoms with E-state index < -0.39 is 0 Å². The molecule has 3 aliphatic rings. The molecular formula is C14H19NO. The molecule has 0 aromatic rings. The van der Waals surface area contributed by atoms with Crippen LogP contribution in [0.5, 0.6) is 0 Å². The summed E-state index contributed by atoms with van der Waals surface area (Å²) in [7, 11) is 0. The summed E-state index contributed by atoms with van der Waals surface area (Å²) in [6, 6.07) is 2.21. The second-order valence-electron chi connectivity index (χ2n) is 6.27. The summed E-state index contributed by atoms with van der Waals surface area (Å²) in [6.45, 7) is 3.97. The van der Waals surface area contributed by atoms with Crippen LogP contribution in [0.4, 0.5) is 0 Å². The molecule has 5 unspecified atom stereocenters. The Balaban J connectivity index is 1.73. The molecule has 2 bridgehead atoms. The van der Waals surface area contributed by atoms with Crippen molar-refractivity contribution in [2.24, 2.45) is 41.4 Å². The van der Waals surface area contributed by atoms with Gasteiger partial charge in [-0.15, -0.1) is 0 Å². The summed E-state index contributed by atoms with van der Waals surface area (Å²) in [4.78, 5) is 12.3. The molecule has 0 aliphatic heterocycles. The Hall–Kier alpha value is -0.840. The van der Waals surface area contributed by atoms with E-state index in [2.05, 4.69) is 6.07 Å². The second-order valence-corrected chi connectivity index (χ2v) is 6.27. The fourth-order valence-corrected chi connectivity index (χ4v) is 4.45. The van der Waals surface area contributed by atoms with Gasteiger partial charge in [0.1, 0.15) is 5.92 Å². The van der Waals surface area contributed by atoms with Crippen LogP contribution in [0.3, 0.4) is 0 Å². The first kappa shape index (κ1) is 10.3. The Bertz CT molecular complexity index is 351. The Morgan fingerprint density at radius 3 is 2.25 bits per heavy atom. The van der Waals surface area contributed by atoms with E-state index in [1.165, 1.54) is 19.3 Å². The van der Waals surface area contributed by atoms with Crippen molar-refractivity contribution in [3.63, 3.8) is 0 Å². The third kappa shape index (κ3) is 1.21. The quantitative estimate of drug-likeness (QED) is 0.729. The van der Waals surface area contributed by atoms with Crippen molar-refractivity contribution in [3.05, 3.63) is 0 Å². The third-order valence-electron chi connectivity index (χ3n) is 5.18. The number of Topliss-reactive ketones (excluding diaryl/α,β-unsaturated/α-hetero) is 1. The summed E-state index contributed by atoms with van der Waals surface area (Å²) >= 11 is 0. The molecule has 5 atom stereocenters.